The van der Waals surface area contributed by atoms with Crippen molar-refractivity contribution in [1.82, 2.24) is 10.2 Å². The van der Waals surface area contributed by atoms with Crippen LogP contribution in [0.1, 0.15) is 45.6 Å². The highest BCUT2D eigenvalue weighted by Gasteiger charge is 2.37. The summed E-state index contributed by atoms with van der Waals surface area (Å²) in [4.78, 5) is 14.1. The lowest BCUT2D eigenvalue weighted by molar-refractivity contribution is -0.0243. The summed E-state index contributed by atoms with van der Waals surface area (Å²) in [6.45, 7) is 5.92. The maximum atomic E-state index is 13.5. The molecule has 152 valence electrons. The van der Waals surface area contributed by atoms with Crippen LogP contribution in [-0.4, -0.2) is 53.5 Å². The van der Waals surface area contributed by atoms with Crippen LogP contribution in [-0.2, 0) is 11.2 Å². The number of rotatable bonds is 5. The minimum absolute atomic E-state index is 0.241. The monoisotopic (exact) mass is 384 g/mol. The molecule has 7 heteroatoms. The van der Waals surface area contributed by atoms with E-state index in [0.717, 1.165) is 18.9 Å². The third kappa shape index (κ3) is 6.14. The van der Waals surface area contributed by atoms with Crippen molar-refractivity contribution >= 4 is 6.09 Å². The van der Waals surface area contributed by atoms with Gasteiger partial charge in [-0.05, 0) is 71.2 Å². The van der Waals surface area contributed by atoms with Crippen LogP contribution in [0, 0.1) is 11.6 Å². The Morgan fingerprint density at radius 1 is 1.30 bits per heavy atom. The Bertz CT molecular complexity index is 628. The highest BCUT2D eigenvalue weighted by molar-refractivity contribution is 5.68. The van der Waals surface area contributed by atoms with Gasteiger partial charge in [0.25, 0.3) is 0 Å². The number of hydrogen-bond donors (Lipinski definition) is 2. The highest BCUT2D eigenvalue weighted by Crippen LogP contribution is 2.25. The maximum Gasteiger partial charge on any atom is 0.410 e. The van der Waals surface area contributed by atoms with Crippen molar-refractivity contribution in [2.45, 2.75) is 70.2 Å². The van der Waals surface area contributed by atoms with Gasteiger partial charge in [0.1, 0.15) is 17.2 Å². The van der Waals surface area contributed by atoms with E-state index in [9.17, 15) is 18.7 Å². The van der Waals surface area contributed by atoms with Gasteiger partial charge in [0.2, 0.25) is 0 Å². The van der Waals surface area contributed by atoms with Gasteiger partial charge < -0.3 is 20.1 Å². The Morgan fingerprint density at radius 3 is 2.48 bits per heavy atom. The van der Waals surface area contributed by atoms with E-state index in [1.807, 2.05) is 0 Å². The van der Waals surface area contributed by atoms with E-state index < -0.39 is 41.5 Å². The molecule has 1 fully saturated rings. The van der Waals surface area contributed by atoms with Crippen LogP contribution >= 0.6 is 0 Å². The van der Waals surface area contributed by atoms with Crippen molar-refractivity contribution in [3.8, 4) is 0 Å². The quantitative estimate of drug-likeness (QED) is 0.818. The third-order valence-corrected chi connectivity index (χ3v) is 4.73. The number of likely N-dealkylation sites (N-methyl/N-ethyl adjacent to an activating group) is 1. The molecule has 0 spiro atoms. The zero-order chi connectivity index (χ0) is 20.2. The van der Waals surface area contributed by atoms with Gasteiger partial charge in [0, 0.05) is 18.7 Å². The molecule has 1 saturated heterocycles. The van der Waals surface area contributed by atoms with Crippen molar-refractivity contribution in [2.75, 3.05) is 13.6 Å². The topological polar surface area (TPSA) is 61.8 Å². The molecular weight excluding hydrogens is 354 g/mol. The van der Waals surface area contributed by atoms with Crippen LogP contribution in [0.2, 0.25) is 0 Å². The van der Waals surface area contributed by atoms with Crippen LogP contribution in [0.5, 0.6) is 0 Å². The van der Waals surface area contributed by atoms with Gasteiger partial charge in [0.05, 0.1) is 12.1 Å². The molecule has 0 bridgehead atoms. The lowest BCUT2D eigenvalue weighted by atomic mass is 9.90. The summed E-state index contributed by atoms with van der Waals surface area (Å²) < 4.78 is 32.4. The first-order valence-corrected chi connectivity index (χ1v) is 9.40. The Morgan fingerprint density at radius 2 is 1.93 bits per heavy atom. The number of amides is 1. The number of carbonyl (C=O) groups excluding carboxylic acids is 1. The summed E-state index contributed by atoms with van der Waals surface area (Å²) in [5.74, 6) is -1.30. The van der Waals surface area contributed by atoms with Crippen molar-refractivity contribution in [2.24, 2.45) is 0 Å². The lowest BCUT2D eigenvalue weighted by Gasteiger charge is -2.41. The molecule has 1 aromatic carbocycles. The van der Waals surface area contributed by atoms with Crippen molar-refractivity contribution in [3.63, 3.8) is 0 Å². The average Bonchev–Trinajstić information content (AvgIpc) is 2.56. The number of halogens is 2. The normalized spacial score (nSPS) is 20.3. The molecule has 0 aliphatic carbocycles. The van der Waals surface area contributed by atoms with E-state index in [1.54, 1.807) is 32.7 Å². The van der Waals surface area contributed by atoms with Gasteiger partial charge >= 0.3 is 6.09 Å². The smallest absolute Gasteiger partial charge is 0.410 e. The van der Waals surface area contributed by atoms with Gasteiger partial charge in [-0.3, -0.25) is 0 Å². The first-order valence-electron chi connectivity index (χ1n) is 9.40. The van der Waals surface area contributed by atoms with E-state index in [2.05, 4.69) is 5.32 Å². The molecule has 27 heavy (non-hydrogen) atoms. The van der Waals surface area contributed by atoms with Gasteiger partial charge in [-0.15, -0.1) is 0 Å². The van der Waals surface area contributed by atoms with Crippen LogP contribution in [0.15, 0.2) is 18.2 Å². The summed E-state index contributed by atoms with van der Waals surface area (Å²) in [6.07, 6.45) is 1.29. The molecule has 2 rings (SSSR count). The van der Waals surface area contributed by atoms with Gasteiger partial charge in [-0.25, -0.2) is 13.6 Å². The molecule has 0 unspecified atom stereocenters. The molecule has 3 atom stereocenters. The SMILES string of the molecule is CN[C@@H](Cc1cc(F)cc(F)c1)[C@H](O)[C@H]1CCCCN1C(=O)OC(C)(C)C. The second-order valence-electron chi connectivity index (χ2n) is 8.10. The first-order chi connectivity index (χ1) is 12.6. The highest BCUT2D eigenvalue weighted by atomic mass is 19.1. The number of aliphatic hydroxyl groups is 1. The number of benzene rings is 1. The predicted octanol–water partition coefficient (Wildman–Crippen LogP) is 3.25. The third-order valence-electron chi connectivity index (χ3n) is 4.73. The second-order valence-corrected chi connectivity index (χ2v) is 8.10. The number of piperidine rings is 1. The molecule has 1 heterocycles. The molecular formula is C20H30F2N2O3. The minimum Gasteiger partial charge on any atom is -0.444 e. The Kier molecular flexibility index (Phi) is 7.17. The number of nitrogens with zero attached hydrogens (tertiary/aromatic N) is 1. The van der Waals surface area contributed by atoms with Crippen LogP contribution in [0.25, 0.3) is 0 Å². The number of carbonyl (C=O) groups is 1. The summed E-state index contributed by atoms with van der Waals surface area (Å²) in [5, 5.41) is 14.0. The van der Waals surface area contributed by atoms with E-state index in [-0.39, 0.29) is 6.42 Å². The molecule has 1 aromatic rings. The summed E-state index contributed by atoms with van der Waals surface area (Å²) in [6, 6.07) is 2.46. The predicted molar refractivity (Wildman–Crippen MR) is 99.5 cm³/mol. The van der Waals surface area contributed by atoms with Crippen LogP contribution in [0.3, 0.4) is 0 Å². The van der Waals surface area contributed by atoms with Crippen molar-refractivity contribution in [1.29, 1.82) is 0 Å². The maximum absolute atomic E-state index is 13.5. The Hall–Kier alpha value is -1.73. The molecule has 0 saturated carbocycles. The molecule has 2 N–H and O–H groups in total. The fourth-order valence-electron chi connectivity index (χ4n) is 3.50. The fourth-order valence-corrected chi connectivity index (χ4v) is 3.50. The number of aliphatic hydroxyl groups excluding tert-OH is 1. The van der Waals surface area contributed by atoms with Crippen LogP contribution < -0.4 is 5.32 Å². The van der Waals surface area contributed by atoms with E-state index in [4.69, 9.17) is 4.74 Å². The van der Waals surface area contributed by atoms with E-state index >= 15 is 0 Å². The van der Waals surface area contributed by atoms with Gasteiger partial charge in [-0.2, -0.15) is 0 Å². The number of nitrogens with one attached hydrogen (secondary N) is 1. The van der Waals surface area contributed by atoms with Gasteiger partial charge in [0.15, 0.2) is 0 Å². The lowest BCUT2D eigenvalue weighted by Crippen LogP contribution is -2.57. The molecule has 0 aromatic heterocycles. The fraction of sp³-hybridized carbons (Fsp3) is 0.650. The molecule has 0 radical (unpaired) electrons. The van der Waals surface area contributed by atoms with Gasteiger partial charge in [-0.1, -0.05) is 0 Å². The van der Waals surface area contributed by atoms with Crippen molar-refractivity contribution < 1.29 is 23.4 Å². The summed E-state index contributed by atoms with van der Waals surface area (Å²) in [5.41, 5.74) is -0.170. The van der Waals surface area contributed by atoms with Crippen LogP contribution in [0.4, 0.5) is 13.6 Å². The Balaban J connectivity index is 2.14. The zero-order valence-electron chi connectivity index (χ0n) is 16.5. The number of hydrogen-bond acceptors (Lipinski definition) is 4. The molecule has 1 aliphatic heterocycles. The standard InChI is InChI=1S/C20H30F2N2O3/c1-20(2,3)27-19(26)24-8-6-5-7-17(24)18(25)16(23-4)11-13-9-14(21)12-15(22)10-13/h9-10,12,16-18,23,25H,5-8,11H2,1-4H3/t16-,17+,18-/m0/s1. The summed E-state index contributed by atoms with van der Waals surface area (Å²) in [7, 11) is 1.68. The van der Waals surface area contributed by atoms with E-state index in [0.29, 0.717) is 18.5 Å². The average molecular weight is 384 g/mol. The Labute approximate surface area is 159 Å². The van der Waals surface area contributed by atoms with Crippen molar-refractivity contribution in [3.05, 3.63) is 35.4 Å². The largest absolute Gasteiger partial charge is 0.444 e. The zero-order valence-corrected chi connectivity index (χ0v) is 16.5. The molecule has 1 aliphatic rings. The number of likely N-dealkylation sites (tertiary alicyclic amines) is 1. The molecule has 1 amide bonds. The summed E-state index contributed by atoms with van der Waals surface area (Å²) >= 11 is 0. The second kappa shape index (κ2) is 8.97. The number of ether oxygens (including phenoxy) is 1. The van der Waals surface area contributed by atoms with E-state index in [1.165, 1.54) is 12.1 Å². The minimum atomic E-state index is -0.894. The first kappa shape index (κ1) is 21.6. The molecule has 5 nitrogen and oxygen atoms in total.